The molecular weight excluding hydrogens is 238 g/mol. The summed E-state index contributed by atoms with van der Waals surface area (Å²) in [5.41, 5.74) is 0. The number of rotatable bonds is 1. The zero-order valence-electron chi connectivity index (χ0n) is 11.6. The fourth-order valence-electron chi connectivity index (χ4n) is 5.69. The summed E-state index contributed by atoms with van der Waals surface area (Å²) in [6.45, 7) is 1.46. The van der Waals surface area contributed by atoms with E-state index >= 15 is 0 Å². The van der Waals surface area contributed by atoms with Gasteiger partial charge in [0.25, 0.3) is 0 Å². The Hall–Kier alpha value is -0.570. The number of aliphatic hydroxyl groups is 1. The number of β-amino-alcohol motifs (C(OH)–C–C–N with tert-alkyl or cyclic N) is 1. The number of hydrogen-bond donors (Lipinski definition) is 1. The van der Waals surface area contributed by atoms with Crippen LogP contribution in [0.5, 0.6) is 0 Å². The van der Waals surface area contributed by atoms with Gasteiger partial charge in [-0.05, 0) is 68.6 Å². The first kappa shape index (κ1) is 12.2. The van der Waals surface area contributed by atoms with E-state index in [1.165, 1.54) is 32.1 Å². The van der Waals surface area contributed by atoms with Crippen molar-refractivity contribution in [3.05, 3.63) is 0 Å². The van der Waals surface area contributed by atoms with Gasteiger partial charge in [0.2, 0.25) is 5.91 Å². The van der Waals surface area contributed by atoms with Crippen LogP contribution in [0.4, 0.5) is 0 Å². The molecule has 1 heterocycles. The molecule has 19 heavy (non-hydrogen) atoms. The van der Waals surface area contributed by atoms with Crippen LogP contribution in [0.3, 0.4) is 0 Å². The number of likely N-dealkylation sites (tertiary alicyclic amines) is 1. The zero-order valence-corrected chi connectivity index (χ0v) is 11.6. The molecule has 0 aromatic heterocycles. The van der Waals surface area contributed by atoms with Gasteiger partial charge in [-0.15, -0.1) is 0 Å². The van der Waals surface area contributed by atoms with Crippen LogP contribution in [0.1, 0.15) is 44.9 Å². The summed E-state index contributed by atoms with van der Waals surface area (Å²) in [7, 11) is 0. The fourth-order valence-corrected chi connectivity index (χ4v) is 5.69. The summed E-state index contributed by atoms with van der Waals surface area (Å²) in [5, 5.41) is 9.79. The molecule has 5 fully saturated rings. The van der Waals surface area contributed by atoms with E-state index in [0.717, 1.165) is 31.2 Å². The predicted octanol–water partition coefficient (Wildman–Crippen LogP) is 2.04. The zero-order chi connectivity index (χ0) is 13.0. The first-order valence-corrected chi connectivity index (χ1v) is 8.17. The molecule has 0 spiro atoms. The molecule has 3 nitrogen and oxygen atoms in total. The highest BCUT2D eigenvalue weighted by molar-refractivity contribution is 5.80. The van der Waals surface area contributed by atoms with Gasteiger partial charge in [0.15, 0.2) is 0 Å². The number of hydrogen-bond acceptors (Lipinski definition) is 2. The van der Waals surface area contributed by atoms with Crippen molar-refractivity contribution in [2.75, 3.05) is 13.1 Å². The second-order valence-electron chi connectivity index (χ2n) is 7.54. The lowest BCUT2D eigenvalue weighted by atomic mass is 9.51. The number of carbonyl (C=O) groups is 1. The first-order valence-electron chi connectivity index (χ1n) is 8.17. The summed E-state index contributed by atoms with van der Waals surface area (Å²) in [6.07, 6.45) is 8.22. The van der Waals surface area contributed by atoms with Gasteiger partial charge >= 0.3 is 0 Å². The van der Waals surface area contributed by atoms with Crippen LogP contribution < -0.4 is 0 Å². The van der Waals surface area contributed by atoms with Gasteiger partial charge in [-0.25, -0.2) is 0 Å². The van der Waals surface area contributed by atoms with Crippen molar-refractivity contribution in [2.24, 2.45) is 29.6 Å². The molecule has 5 rings (SSSR count). The van der Waals surface area contributed by atoms with Crippen molar-refractivity contribution in [2.45, 2.75) is 51.0 Å². The third kappa shape index (κ3) is 2.01. The molecule has 1 amide bonds. The van der Waals surface area contributed by atoms with Gasteiger partial charge < -0.3 is 10.0 Å². The molecule has 1 unspecified atom stereocenters. The number of piperidine rings is 1. The quantitative estimate of drug-likeness (QED) is 0.786. The average molecular weight is 263 g/mol. The lowest BCUT2D eigenvalue weighted by Gasteiger charge is -2.54. The number of amides is 1. The predicted molar refractivity (Wildman–Crippen MR) is 72.4 cm³/mol. The maximum Gasteiger partial charge on any atom is 0.226 e. The monoisotopic (exact) mass is 263 g/mol. The van der Waals surface area contributed by atoms with Gasteiger partial charge in [-0.1, -0.05) is 0 Å². The van der Waals surface area contributed by atoms with E-state index in [0.29, 0.717) is 30.2 Å². The number of carbonyl (C=O) groups excluding carboxylic acids is 1. The molecule has 4 bridgehead atoms. The van der Waals surface area contributed by atoms with Crippen molar-refractivity contribution in [3.63, 3.8) is 0 Å². The van der Waals surface area contributed by atoms with Crippen LogP contribution >= 0.6 is 0 Å². The minimum atomic E-state index is -0.283. The maximum atomic E-state index is 12.8. The molecular formula is C16H25NO2. The van der Waals surface area contributed by atoms with Crippen molar-refractivity contribution < 1.29 is 9.90 Å². The van der Waals surface area contributed by atoms with Crippen LogP contribution in [0, 0.1) is 29.6 Å². The van der Waals surface area contributed by atoms with Crippen molar-refractivity contribution in [1.82, 2.24) is 4.90 Å². The van der Waals surface area contributed by atoms with E-state index in [1.807, 2.05) is 4.90 Å². The molecule has 5 aliphatic rings. The summed E-state index contributed by atoms with van der Waals surface area (Å²) < 4.78 is 0. The van der Waals surface area contributed by atoms with Crippen LogP contribution in [0.15, 0.2) is 0 Å². The van der Waals surface area contributed by atoms with Crippen LogP contribution in [0.25, 0.3) is 0 Å². The summed E-state index contributed by atoms with van der Waals surface area (Å²) in [5.74, 6) is 3.88. The molecule has 4 saturated carbocycles. The standard InChI is InChI=1S/C16H25NO2/c18-14-2-1-3-17(9-14)16(19)15-12-5-10-4-11(7-12)8-13(15)6-10/h10-15,18H,1-9H2. The normalized spacial score (nSPS) is 48.6. The number of nitrogens with zero attached hydrogens (tertiary/aromatic N) is 1. The second kappa shape index (κ2) is 4.47. The van der Waals surface area contributed by atoms with Gasteiger partial charge in [-0.2, -0.15) is 0 Å². The Morgan fingerprint density at radius 2 is 1.63 bits per heavy atom. The highest BCUT2D eigenvalue weighted by Gasteiger charge is 2.51. The van der Waals surface area contributed by atoms with Crippen LogP contribution in [-0.2, 0) is 4.79 Å². The maximum absolute atomic E-state index is 12.8. The highest BCUT2D eigenvalue weighted by Crippen LogP contribution is 2.56. The summed E-state index contributed by atoms with van der Waals surface area (Å²) >= 11 is 0. The van der Waals surface area contributed by atoms with Crippen LogP contribution in [0.2, 0.25) is 0 Å². The Labute approximate surface area is 115 Å². The molecule has 0 aromatic carbocycles. The Kier molecular flexibility index (Phi) is 2.87. The molecule has 0 radical (unpaired) electrons. The average Bonchev–Trinajstić information content (AvgIpc) is 2.37. The fraction of sp³-hybridized carbons (Fsp3) is 0.938. The second-order valence-corrected chi connectivity index (χ2v) is 7.54. The molecule has 1 aliphatic heterocycles. The van der Waals surface area contributed by atoms with E-state index in [4.69, 9.17) is 0 Å². The highest BCUT2D eigenvalue weighted by atomic mass is 16.3. The number of aliphatic hydroxyl groups excluding tert-OH is 1. The molecule has 0 aromatic rings. The Bertz CT molecular complexity index is 353. The minimum Gasteiger partial charge on any atom is -0.391 e. The van der Waals surface area contributed by atoms with Gasteiger partial charge in [0, 0.05) is 19.0 Å². The molecule has 3 heteroatoms. The van der Waals surface area contributed by atoms with Crippen molar-refractivity contribution in [3.8, 4) is 0 Å². The summed E-state index contributed by atoms with van der Waals surface area (Å²) in [4.78, 5) is 14.8. The topological polar surface area (TPSA) is 40.5 Å². The molecule has 106 valence electrons. The minimum absolute atomic E-state index is 0.283. The lowest BCUT2D eigenvalue weighted by Crippen LogP contribution is -2.54. The van der Waals surface area contributed by atoms with Crippen LogP contribution in [-0.4, -0.2) is 35.1 Å². The van der Waals surface area contributed by atoms with Gasteiger partial charge in [0.1, 0.15) is 0 Å². The van der Waals surface area contributed by atoms with E-state index in [9.17, 15) is 9.90 Å². The first-order chi connectivity index (χ1) is 9.20. The van der Waals surface area contributed by atoms with Gasteiger partial charge in [-0.3, -0.25) is 4.79 Å². The summed E-state index contributed by atoms with van der Waals surface area (Å²) in [6, 6.07) is 0. The van der Waals surface area contributed by atoms with Crippen molar-refractivity contribution in [1.29, 1.82) is 0 Å². The van der Waals surface area contributed by atoms with E-state index in [2.05, 4.69) is 0 Å². The molecule has 1 saturated heterocycles. The lowest BCUT2D eigenvalue weighted by molar-refractivity contribution is -0.152. The van der Waals surface area contributed by atoms with Crippen molar-refractivity contribution >= 4 is 5.91 Å². The third-order valence-corrected chi connectivity index (χ3v) is 6.22. The Balaban J connectivity index is 1.51. The molecule has 1 N–H and O–H groups in total. The Morgan fingerprint density at radius 3 is 2.21 bits per heavy atom. The Morgan fingerprint density at radius 1 is 1.00 bits per heavy atom. The molecule has 4 aliphatic carbocycles. The SMILES string of the molecule is O=C(C1C2CC3CC(C2)CC1C3)N1CCCC(O)C1. The van der Waals surface area contributed by atoms with E-state index < -0.39 is 0 Å². The largest absolute Gasteiger partial charge is 0.391 e. The van der Waals surface area contributed by atoms with E-state index in [-0.39, 0.29) is 6.10 Å². The van der Waals surface area contributed by atoms with Gasteiger partial charge in [0.05, 0.1) is 6.10 Å². The third-order valence-electron chi connectivity index (χ3n) is 6.22. The smallest absolute Gasteiger partial charge is 0.226 e. The molecule has 1 atom stereocenters. The van der Waals surface area contributed by atoms with E-state index in [1.54, 1.807) is 0 Å².